The number of hydrogen-bond donors (Lipinski definition) is 2. The summed E-state index contributed by atoms with van der Waals surface area (Å²) in [5.41, 5.74) is 8.37. The van der Waals surface area contributed by atoms with Crippen molar-refractivity contribution in [1.82, 2.24) is 15.1 Å². The van der Waals surface area contributed by atoms with Crippen molar-refractivity contribution < 1.29 is 0 Å². The first kappa shape index (κ1) is 16.8. The normalized spacial score (nSPS) is 17.6. The second kappa shape index (κ2) is 8.76. The number of aliphatic imine (C=N–C) groups is 1. The third kappa shape index (κ3) is 5.66. The Labute approximate surface area is 134 Å². The van der Waals surface area contributed by atoms with Crippen molar-refractivity contribution in [1.29, 1.82) is 0 Å². The standard InChI is InChI=1S/C17H29N5/c1-3-8-19-17(18)20-13-15-4-6-16(7-5-15)14-22-11-9-21(2)10-12-22/h4-7H,3,8-14H2,1-2H3,(H3,18,19,20). The number of nitrogens with two attached hydrogens (primary N) is 1. The van der Waals surface area contributed by atoms with Crippen molar-refractivity contribution in [3.8, 4) is 0 Å². The third-order valence-corrected chi connectivity index (χ3v) is 4.01. The highest BCUT2D eigenvalue weighted by Crippen LogP contribution is 2.10. The van der Waals surface area contributed by atoms with Crippen LogP contribution in [0.3, 0.4) is 0 Å². The van der Waals surface area contributed by atoms with Crippen LogP contribution in [-0.2, 0) is 13.1 Å². The molecule has 5 heteroatoms. The number of piperazine rings is 1. The molecule has 1 saturated heterocycles. The molecule has 22 heavy (non-hydrogen) atoms. The van der Waals surface area contributed by atoms with E-state index in [0.717, 1.165) is 45.7 Å². The van der Waals surface area contributed by atoms with Gasteiger partial charge in [0.2, 0.25) is 0 Å². The molecule has 0 atom stereocenters. The molecule has 1 heterocycles. The summed E-state index contributed by atoms with van der Waals surface area (Å²) < 4.78 is 0. The average molecular weight is 303 g/mol. The van der Waals surface area contributed by atoms with Gasteiger partial charge < -0.3 is 16.0 Å². The number of likely N-dealkylation sites (N-methyl/N-ethyl adjacent to an activating group) is 1. The molecular weight excluding hydrogens is 274 g/mol. The topological polar surface area (TPSA) is 56.9 Å². The predicted molar refractivity (Wildman–Crippen MR) is 92.8 cm³/mol. The van der Waals surface area contributed by atoms with Gasteiger partial charge in [-0.1, -0.05) is 31.2 Å². The molecule has 0 aromatic heterocycles. The van der Waals surface area contributed by atoms with Gasteiger partial charge in [-0.05, 0) is 24.6 Å². The number of hydrogen-bond acceptors (Lipinski definition) is 3. The zero-order valence-corrected chi connectivity index (χ0v) is 13.9. The molecule has 1 aromatic carbocycles. The molecule has 0 amide bonds. The van der Waals surface area contributed by atoms with Gasteiger partial charge in [0.25, 0.3) is 0 Å². The zero-order valence-electron chi connectivity index (χ0n) is 13.9. The fraction of sp³-hybridized carbons (Fsp3) is 0.588. The molecular formula is C17H29N5. The molecule has 2 rings (SSSR count). The first-order valence-electron chi connectivity index (χ1n) is 8.20. The Balaban J connectivity index is 1.80. The highest BCUT2D eigenvalue weighted by molar-refractivity contribution is 5.77. The molecule has 0 spiro atoms. The monoisotopic (exact) mass is 303 g/mol. The summed E-state index contributed by atoms with van der Waals surface area (Å²) in [6, 6.07) is 8.72. The van der Waals surface area contributed by atoms with Crippen LogP contribution in [0.1, 0.15) is 24.5 Å². The quantitative estimate of drug-likeness (QED) is 0.613. The summed E-state index contributed by atoms with van der Waals surface area (Å²) >= 11 is 0. The van der Waals surface area contributed by atoms with Gasteiger partial charge in [0.05, 0.1) is 6.54 Å². The van der Waals surface area contributed by atoms with E-state index in [0.29, 0.717) is 12.5 Å². The summed E-state index contributed by atoms with van der Waals surface area (Å²) in [5, 5.41) is 3.09. The van der Waals surface area contributed by atoms with Gasteiger partial charge in [-0.3, -0.25) is 4.90 Å². The van der Waals surface area contributed by atoms with Crippen molar-refractivity contribution in [3.63, 3.8) is 0 Å². The van der Waals surface area contributed by atoms with Crippen molar-refractivity contribution in [2.45, 2.75) is 26.4 Å². The minimum atomic E-state index is 0.531. The van der Waals surface area contributed by atoms with Crippen LogP contribution in [-0.4, -0.2) is 55.5 Å². The van der Waals surface area contributed by atoms with E-state index in [9.17, 15) is 0 Å². The van der Waals surface area contributed by atoms with Crippen LogP contribution in [0.4, 0.5) is 0 Å². The van der Waals surface area contributed by atoms with Crippen LogP contribution in [0.5, 0.6) is 0 Å². The van der Waals surface area contributed by atoms with Gasteiger partial charge in [-0.15, -0.1) is 0 Å². The Bertz CT molecular complexity index is 460. The van der Waals surface area contributed by atoms with Gasteiger partial charge in [0, 0.05) is 39.3 Å². The molecule has 0 aliphatic carbocycles. The Morgan fingerprint density at radius 1 is 1.14 bits per heavy atom. The highest BCUT2D eigenvalue weighted by Gasteiger charge is 2.13. The number of nitrogens with zero attached hydrogens (tertiary/aromatic N) is 3. The maximum atomic E-state index is 5.80. The largest absolute Gasteiger partial charge is 0.370 e. The van der Waals surface area contributed by atoms with E-state index in [4.69, 9.17) is 5.73 Å². The number of rotatable bonds is 6. The Hall–Kier alpha value is -1.59. The van der Waals surface area contributed by atoms with Crippen molar-refractivity contribution >= 4 is 5.96 Å². The molecule has 0 unspecified atom stereocenters. The van der Waals surface area contributed by atoms with E-state index in [1.807, 2.05) is 0 Å². The summed E-state index contributed by atoms with van der Waals surface area (Å²) in [5.74, 6) is 0.531. The van der Waals surface area contributed by atoms with Crippen molar-refractivity contribution in [3.05, 3.63) is 35.4 Å². The maximum Gasteiger partial charge on any atom is 0.188 e. The van der Waals surface area contributed by atoms with E-state index in [1.54, 1.807) is 0 Å². The van der Waals surface area contributed by atoms with Gasteiger partial charge in [-0.2, -0.15) is 0 Å². The molecule has 5 nitrogen and oxygen atoms in total. The summed E-state index contributed by atoms with van der Waals surface area (Å²) in [4.78, 5) is 9.25. The molecule has 3 N–H and O–H groups in total. The first-order chi connectivity index (χ1) is 10.7. The van der Waals surface area contributed by atoms with Crippen molar-refractivity contribution in [2.75, 3.05) is 39.8 Å². The number of nitrogens with one attached hydrogen (secondary N) is 1. The Kier molecular flexibility index (Phi) is 6.68. The minimum absolute atomic E-state index is 0.531. The lowest BCUT2D eigenvalue weighted by atomic mass is 10.1. The molecule has 0 saturated carbocycles. The zero-order chi connectivity index (χ0) is 15.8. The summed E-state index contributed by atoms with van der Waals surface area (Å²) in [6.07, 6.45) is 1.05. The lowest BCUT2D eigenvalue weighted by Crippen LogP contribution is -2.43. The fourth-order valence-electron chi connectivity index (χ4n) is 2.50. The van der Waals surface area contributed by atoms with E-state index < -0.39 is 0 Å². The molecule has 1 aliphatic heterocycles. The second-order valence-corrected chi connectivity index (χ2v) is 6.02. The van der Waals surface area contributed by atoms with Gasteiger partial charge in [-0.25, -0.2) is 4.99 Å². The average Bonchev–Trinajstić information content (AvgIpc) is 2.54. The van der Waals surface area contributed by atoms with Crippen LogP contribution in [0, 0.1) is 0 Å². The summed E-state index contributed by atoms with van der Waals surface area (Å²) in [7, 11) is 2.19. The molecule has 1 aliphatic rings. The fourth-order valence-corrected chi connectivity index (χ4v) is 2.50. The van der Waals surface area contributed by atoms with E-state index in [-0.39, 0.29) is 0 Å². The van der Waals surface area contributed by atoms with Crippen molar-refractivity contribution in [2.24, 2.45) is 10.7 Å². The maximum absolute atomic E-state index is 5.80. The van der Waals surface area contributed by atoms with E-state index in [2.05, 4.69) is 58.3 Å². The molecule has 0 bridgehead atoms. The van der Waals surface area contributed by atoms with Crippen LogP contribution in [0.15, 0.2) is 29.3 Å². The van der Waals surface area contributed by atoms with Crippen LogP contribution >= 0.6 is 0 Å². The molecule has 0 radical (unpaired) electrons. The smallest absolute Gasteiger partial charge is 0.188 e. The molecule has 122 valence electrons. The van der Waals surface area contributed by atoms with Gasteiger partial charge in [0.15, 0.2) is 5.96 Å². The van der Waals surface area contributed by atoms with Crippen LogP contribution < -0.4 is 11.1 Å². The van der Waals surface area contributed by atoms with Crippen LogP contribution in [0.25, 0.3) is 0 Å². The Morgan fingerprint density at radius 2 is 1.77 bits per heavy atom. The highest BCUT2D eigenvalue weighted by atomic mass is 15.2. The first-order valence-corrected chi connectivity index (χ1v) is 8.20. The Morgan fingerprint density at radius 3 is 2.41 bits per heavy atom. The lowest BCUT2D eigenvalue weighted by Gasteiger charge is -2.32. The molecule has 1 aromatic rings. The van der Waals surface area contributed by atoms with Crippen LogP contribution in [0.2, 0.25) is 0 Å². The second-order valence-electron chi connectivity index (χ2n) is 6.02. The lowest BCUT2D eigenvalue weighted by molar-refractivity contribution is 0.148. The predicted octanol–water partition coefficient (Wildman–Crippen LogP) is 1.25. The van der Waals surface area contributed by atoms with E-state index >= 15 is 0 Å². The minimum Gasteiger partial charge on any atom is -0.370 e. The van der Waals surface area contributed by atoms with Gasteiger partial charge >= 0.3 is 0 Å². The molecule has 1 fully saturated rings. The number of benzene rings is 1. The number of guanidine groups is 1. The third-order valence-electron chi connectivity index (χ3n) is 4.01. The summed E-state index contributed by atoms with van der Waals surface area (Å²) in [6.45, 7) is 9.30. The SMILES string of the molecule is CCCNC(N)=NCc1ccc(CN2CCN(C)CC2)cc1. The van der Waals surface area contributed by atoms with Gasteiger partial charge in [0.1, 0.15) is 0 Å². The van der Waals surface area contributed by atoms with E-state index in [1.165, 1.54) is 11.1 Å².